The Morgan fingerprint density at radius 1 is 1.28 bits per heavy atom. The molecule has 1 aliphatic heterocycles. The first-order chi connectivity index (χ1) is 11.9. The minimum atomic E-state index is -0.659. The summed E-state index contributed by atoms with van der Waals surface area (Å²) in [5, 5.41) is -0.518. The Morgan fingerprint density at radius 3 is 2.60 bits per heavy atom. The van der Waals surface area contributed by atoms with Crippen LogP contribution in [-0.4, -0.2) is 48.9 Å². The SMILES string of the molecule is COC(=O)CN1C(=O)SC(=Cc2cccc(OC)c2OC(C)C)C1=O. The topological polar surface area (TPSA) is 82.1 Å². The molecule has 1 saturated heterocycles. The standard InChI is InChI=1S/C17H19NO6S/c1-10(2)24-15-11(6-5-7-12(15)22-3)8-13-16(20)18(17(21)25-13)9-14(19)23-4/h5-8,10H,9H2,1-4H3. The lowest BCUT2D eigenvalue weighted by Crippen LogP contribution is -2.34. The Hall–Kier alpha value is -2.48. The van der Waals surface area contributed by atoms with E-state index in [1.54, 1.807) is 24.3 Å². The number of carbonyl (C=O) groups is 3. The van der Waals surface area contributed by atoms with Gasteiger partial charge in [0.2, 0.25) is 0 Å². The highest BCUT2D eigenvalue weighted by atomic mass is 32.2. The third-order valence-electron chi connectivity index (χ3n) is 3.26. The molecule has 1 aliphatic rings. The van der Waals surface area contributed by atoms with E-state index >= 15 is 0 Å². The molecule has 2 amide bonds. The summed E-state index contributed by atoms with van der Waals surface area (Å²) in [7, 11) is 2.72. The normalized spacial score (nSPS) is 15.9. The zero-order valence-corrected chi connectivity index (χ0v) is 15.2. The Kier molecular flexibility index (Phi) is 6.08. The summed E-state index contributed by atoms with van der Waals surface area (Å²) >= 11 is 0.765. The van der Waals surface area contributed by atoms with Crippen LogP contribution in [0.1, 0.15) is 19.4 Å². The first-order valence-electron chi connectivity index (χ1n) is 7.53. The van der Waals surface area contributed by atoms with Crippen LogP contribution in [0.15, 0.2) is 23.1 Å². The molecule has 2 rings (SSSR count). The molecule has 1 aromatic rings. The van der Waals surface area contributed by atoms with Crippen LogP contribution in [0.3, 0.4) is 0 Å². The zero-order chi connectivity index (χ0) is 18.6. The number of amides is 2. The van der Waals surface area contributed by atoms with Crippen molar-refractivity contribution in [1.82, 2.24) is 4.90 Å². The van der Waals surface area contributed by atoms with Crippen LogP contribution < -0.4 is 9.47 Å². The predicted molar refractivity (Wildman–Crippen MR) is 93.5 cm³/mol. The van der Waals surface area contributed by atoms with Crippen molar-refractivity contribution in [1.29, 1.82) is 0 Å². The number of nitrogens with zero attached hydrogens (tertiary/aromatic N) is 1. The monoisotopic (exact) mass is 365 g/mol. The van der Waals surface area contributed by atoms with Crippen molar-refractivity contribution in [2.24, 2.45) is 0 Å². The van der Waals surface area contributed by atoms with Crippen LogP contribution in [0.4, 0.5) is 4.79 Å². The van der Waals surface area contributed by atoms with Crippen LogP contribution in [0.2, 0.25) is 0 Å². The maximum atomic E-state index is 12.4. The van der Waals surface area contributed by atoms with E-state index in [1.807, 2.05) is 13.8 Å². The second kappa shape index (κ2) is 8.06. The second-order valence-corrected chi connectivity index (χ2v) is 6.38. The molecule has 0 spiro atoms. The maximum absolute atomic E-state index is 12.4. The molecule has 8 heteroatoms. The molecule has 0 radical (unpaired) electrons. The van der Waals surface area contributed by atoms with Crippen molar-refractivity contribution in [3.05, 3.63) is 28.7 Å². The highest BCUT2D eigenvalue weighted by Gasteiger charge is 2.36. The number of benzene rings is 1. The predicted octanol–water partition coefficient (Wildman–Crippen LogP) is 2.69. The van der Waals surface area contributed by atoms with Gasteiger partial charge in [-0.1, -0.05) is 12.1 Å². The molecule has 1 aromatic carbocycles. The van der Waals surface area contributed by atoms with Crippen molar-refractivity contribution >= 4 is 35.0 Å². The van der Waals surface area contributed by atoms with E-state index in [0.717, 1.165) is 16.7 Å². The summed E-state index contributed by atoms with van der Waals surface area (Å²) in [6.07, 6.45) is 1.46. The minimum absolute atomic E-state index is 0.0992. The number of ether oxygens (including phenoxy) is 3. The van der Waals surface area contributed by atoms with Gasteiger partial charge in [0.1, 0.15) is 6.54 Å². The lowest BCUT2D eigenvalue weighted by Gasteiger charge is -2.16. The van der Waals surface area contributed by atoms with Gasteiger partial charge in [-0.3, -0.25) is 19.3 Å². The highest BCUT2D eigenvalue weighted by molar-refractivity contribution is 8.18. The Labute approximate surface area is 149 Å². The summed E-state index contributed by atoms with van der Waals surface area (Å²) in [5.41, 5.74) is 0.608. The first kappa shape index (κ1) is 18.9. The summed E-state index contributed by atoms with van der Waals surface area (Å²) < 4.78 is 15.6. The number of thioether (sulfide) groups is 1. The Morgan fingerprint density at radius 2 is 2.00 bits per heavy atom. The van der Waals surface area contributed by atoms with E-state index < -0.39 is 23.7 Å². The van der Waals surface area contributed by atoms with Crippen LogP contribution in [0, 0.1) is 0 Å². The number of hydrogen-bond donors (Lipinski definition) is 0. The van der Waals surface area contributed by atoms with Gasteiger partial charge in [-0.25, -0.2) is 0 Å². The van der Waals surface area contributed by atoms with Crippen LogP contribution in [0.5, 0.6) is 11.5 Å². The van der Waals surface area contributed by atoms with Gasteiger partial charge in [0.05, 0.1) is 25.2 Å². The van der Waals surface area contributed by atoms with Gasteiger partial charge in [-0.2, -0.15) is 0 Å². The summed E-state index contributed by atoms with van der Waals surface area (Å²) in [6, 6.07) is 5.27. The molecular formula is C17H19NO6S. The van der Waals surface area contributed by atoms with Gasteiger partial charge in [0.25, 0.3) is 11.1 Å². The molecule has 0 N–H and O–H groups in total. The van der Waals surface area contributed by atoms with Gasteiger partial charge in [0.15, 0.2) is 11.5 Å². The largest absolute Gasteiger partial charge is 0.493 e. The first-order valence-corrected chi connectivity index (χ1v) is 8.34. The molecule has 1 heterocycles. The third-order valence-corrected chi connectivity index (χ3v) is 4.17. The quantitative estimate of drug-likeness (QED) is 0.566. The van der Waals surface area contributed by atoms with Gasteiger partial charge >= 0.3 is 5.97 Å². The molecule has 1 fully saturated rings. The van der Waals surface area contributed by atoms with Crippen molar-refractivity contribution in [2.45, 2.75) is 20.0 Å². The van der Waals surface area contributed by atoms with E-state index in [4.69, 9.17) is 9.47 Å². The van der Waals surface area contributed by atoms with Gasteiger partial charge in [-0.05, 0) is 37.8 Å². The Balaban J connectivity index is 2.36. The van der Waals surface area contributed by atoms with Crippen molar-refractivity contribution in [2.75, 3.05) is 20.8 Å². The molecule has 0 unspecified atom stereocenters. The number of rotatable bonds is 6. The molecule has 0 saturated carbocycles. The Bertz CT molecular complexity index is 728. The van der Waals surface area contributed by atoms with E-state index in [9.17, 15) is 14.4 Å². The zero-order valence-electron chi connectivity index (χ0n) is 14.4. The van der Waals surface area contributed by atoms with Crippen LogP contribution >= 0.6 is 11.8 Å². The number of carbonyl (C=O) groups excluding carboxylic acids is 3. The van der Waals surface area contributed by atoms with Gasteiger partial charge in [-0.15, -0.1) is 0 Å². The molecular weight excluding hydrogens is 346 g/mol. The molecule has 0 aromatic heterocycles. The van der Waals surface area contributed by atoms with Gasteiger partial charge in [0, 0.05) is 5.56 Å². The molecule has 0 bridgehead atoms. The van der Waals surface area contributed by atoms with E-state index in [-0.39, 0.29) is 11.0 Å². The molecule has 0 atom stereocenters. The van der Waals surface area contributed by atoms with Crippen molar-refractivity contribution in [3.8, 4) is 11.5 Å². The third kappa shape index (κ3) is 4.33. The number of methoxy groups -OCH3 is 2. The highest BCUT2D eigenvalue weighted by Crippen LogP contribution is 2.37. The van der Waals surface area contributed by atoms with Gasteiger partial charge < -0.3 is 14.2 Å². The van der Waals surface area contributed by atoms with E-state index in [0.29, 0.717) is 17.1 Å². The van der Waals surface area contributed by atoms with Crippen LogP contribution in [0.25, 0.3) is 6.08 Å². The van der Waals surface area contributed by atoms with E-state index in [1.165, 1.54) is 14.2 Å². The average molecular weight is 365 g/mol. The minimum Gasteiger partial charge on any atom is -0.493 e. The number of hydrogen-bond acceptors (Lipinski definition) is 7. The van der Waals surface area contributed by atoms with E-state index in [2.05, 4.69) is 4.74 Å². The second-order valence-electron chi connectivity index (χ2n) is 5.39. The molecule has 25 heavy (non-hydrogen) atoms. The summed E-state index contributed by atoms with van der Waals surface area (Å²) in [6.45, 7) is 3.34. The number of esters is 1. The summed E-state index contributed by atoms with van der Waals surface area (Å²) in [4.78, 5) is 36.8. The molecule has 0 aliphatic carbocycles. The lowest BCUT2D eigenvalue weighted by atomic mass is 10.1. The number of para-hydroxylation sites is 1. The average Bonchev–Trinajstić information content (AvgIpc) is 2.83. The fourth-order valence-electron chi connectivity index (χ4n) is 2.14. The van der Waals surface area contributed by atoms with Crippen LogP contribution in [-0.2, 0) is 14.3 Å². The van der Waals surface area contributed by atoms with Crippen molar-refractivity contribution < 1.29 is 28.6 Å². The molecule has 7 nitrogen and oxygen atoms in total. The maximum Gasteiger partial charge on any atom is 0.325 e. The lowest BCUT2D eigenvalue weighted by molar-refractivity contribution is -0.143. The fraction of sp³-hybridized carbons (Fsp3) is 0.353. The molecule has 134 valence electrons. The smallest absolute Gasteiger partial charge is 0.325 e. The number of imide groups is 1. The fourth-order valence-corrected chi connectivity index (χ4v) is 2.97. The summed E-state index contributed by atoms with van der Waals surface area (Å²) in [5.74, 6) is -0.191. The van der Waals surface area contributed by atoms with Crippen molar-refractivity contribution in [3.63, 3.8) is 0 Å².